The molecule has 0 aromatic heterocycles. The first-order valence-corrected chi connectivity index (χ1v) is 7.25. The van der Waals surface area contributed by atoms with Crippen LogP contribution in [0.2, 0.25) is 5.02 Å². The van der Waals surface area contributed by atoms with Crippen molar-refractivity contribution in [2.75, 3.05) is 5.73 Å². The van der Waals surface area contributed by atoms with E-state index in [1.807, 2.05) is 18.2 Å². The summed E-state index contributed by atoms with van der Waals surface area (Å²) in [4.78, 5) is 2.40. The Bertz CT molecular complexity index is 532. The molecule has 3 heteroatoms. The number of rotatable bonds is 5. The van der Waals surface area contributed by atoms with E-state index in [-0.39, 0.29) is 0 Å². The average molecular weight is 289 g/mol. The van der Waals surface area contributed by atoms with Gasteiger partial charge in [0.05, 0.1) is 0 Å². The molecular formula is C17H21ClN2. The van der Waals surface area contributed by atoms with Crippen molar-refractivity contribution in [3.8, 4) is 0 Å². The van der Waals surface area contributed by atoms with Crippen molar-refractivity contribution < 1.29 is 0 Å². The summed E-state index contributed by atoms with van der Waals surface area (Å²) in [7, 11) is 0. The molecule has 0 saturated carbocycles. The summed E-state index contributed by atoms with van der Waals surface area (Å²) in [6.07, 6.45) is 0. The Labute approximate surface area is 126 Å². The minimum Gasteiger partial charge on any atom is -0.399 e. The highest BCUT2D eigenvalue weighted by molar-refractivity contribution is 6.30. The molecule has 0 saturated heterocycles. The number of benzene rings is 2. The van der Waals surface area contributed by atoms with Crippen LogP contribution in [0.25, 0.3) is 0 Å². The van der Waals surface area contributed by atoms with Crippen LogP contribution in [0, 0.1) is 0 Å². The number of nitrogens with two attached hydrogens (primary N) is 1. The lowest BCUT2D eigenvalue weighted by Gasteiger charge is -2.27. The maximum absolute atomic E-state index is 6.07. The fourth-order valence-corrected chi connectivity index (χ4v) is 2.51. The molecule has 0 fully saturated rings. The zero-order chi connectivity index (χ0) is 14.5. The van der Waals surface area contributed by atoms with E-state index >= 15 is 0 Å². The molecule has 0 heterocycles. The predicted molar refractivity (Wildman–Crippen MR) is 86.7 cm³/mol. The van der Waals surface area contributed by atoms with Crippen LogP contribution in [0.5, 0.6) is 0 Å². The Morgan fingerprint density at radius 2 is 1.65 bits per heavy atom. The average Bonchev–Trinajstić information content (AvgIpc) is 2.38. The number of hydrogen-bond donors (Lipinski definition) is 1. The SMILES string of the molecule is CC(C)N(Cc1ccccc1)Cc1cc(N)cc(Cl)c1. The maximum Gasteiger partial charge on any atom is 0.0429 e. The first-order valence-electron chi connectivity index (χ1n) is 6.87. The van der Waals surface area contributed by atoms with Crippen molar-refractivity contribution in [1.29, 1.82) is 0 Å². The Hall–Kier alpha value is -1.51. The summed E-state index contributed by atoms with van der Waals surface area (Å²) in [5.41, 5.74) is 9.05. The molecule has 20 heavy (non-hydrogen) atoms. The van der Waals surface area contributed by atoms with Gasteiger partial charge in [0.15, 0.2) is 0 Å². The van der Waals surface area contributed by atoms with Crippen LogP contribution >= 0.6 is 11.6 Å². The van der Waals surface area contributed by atoms with Crippen molar-refractivity contribution in [3.05, 3.63) is 64.7 Å². The maximum atomic E-state index is 6.07. The smallest absolute Gasteiger partial charge is 0.0429 e. The van der Waals surface area contributed by atoms with Crippen LogP contribution in [0.4, 0.5) is 5.69 Å². The van der Waals surface area contributed by atoms with Gasteiger partial charge in [0, 0.05) is 29.8 Å². The molecule has 0 aliphatic heterocycles. The fraction of sp³-hybridized carbons (Fsp3) is 0.294. The molecule has 0 radical (unpaired) electrons. The second kappa shape index (κ2) is 6.78. The van der Waals surface area contributed by atoms with Crippen molar-refractivity contribution in [2.45, 2.75) is 33.0 Å². The van der Waals surface area contributed by atoms with Crippen LogP contribution in [-0.2, 0) is 13.1 Å². The summed E-state index contributed by atoms with van der Waals surface area (Å²) in [5.74, 6) is 0. The van der Waals surface area contributed by atoms with Gasteiger partial charge >= 0.3 is 0 Å². The zero-order valence-electron chi connectivity index (χ0n) is 12.0. The molecular weight excluding hydrogens is 268 g/mol. The first-order chi connectivity index (χ1) is 9.54. The molecule has 2 aromatic carbocycles. The third kappa shape index (κ3) is 4.26. The largest absolute Gasteiger partial charge is 0.399 e. The van der Waals surface area contributed by atoms with Crippen LogP contribution < -0.4 is 5.73 Å². The van der Waals surface area contributed by atoms with Crippen LogP contribution in [0.1, 0.15) is 25.0 Å². The normalized spacial score (nSPS) is 11.2. The van der Waals surface area contributed by atoms with Gasteiger partial charge < -0.3 is 5.73 Å². The summed E-state index contributed by atoms with van der Waals surface area (Å²) in [5, 5.41) is 0.698. The Balaban J connectivity index is 2.13. The molecule has 0 aliphatic carbocycles. The second-order valence-corrected chi connectivity index (χ2v) is 5.81. The van der Waals surface area contributed by atoms with Crippen molar-refractivity contribution in [1.82, 2.24) is 4.90 Å². The standard InChI is InChI=1S/C17H21ClN2/c1-13(2)20(11-14-6-4-3-5-7-14)12-15-8-16(18)10-17(19)9-15/h3-10,13H,11-12,19H2,1-2H3. The fourth-order valence-electron chi connectivity index (χ4n) is 2.24. The summed E-state index contributed by atoms with van der Waals surface area (Å²) in [6, 6.07) is 16.7. The number of hydrogen-bond acceptors (Lipinski definition) is 2. The minimum absolute atomic E-state index is 0.454. The second-order valence-electron chi connectivity index (χ2n) is 5.38. The third-order valence-corrected chi connectivity index (χ3v) is 3.54. The van der Waals surface area contributed by atoms with Crippen LogP contribution in [0.3, 0.4) is 0 Å². The van der Waals surface area contributed by atoms with E-state index in [1.54, 1.807) is 6.07 Å². The molecule has 0 spiro atoms. The molecule has 106 valence electrons. The Morgan fingerprint density at radius 3 is 2.25 bits per heavy atom. The number of anilines is 1. The van der Waals surface area contributed by atoms with E-state index in [0.717, 1.165) is 24.3 Å². The van der Waals surface area contributed by atoms with Gasteiger partial charge in [0.25, 0.3) is 0 Å². The Kier molecular flexibility index (Phi) is 5.05. The topological polar surface area (TPSA) is 29.3 Å². The molecule has 2 rings (SSSR count). The molecule has 0 unspecified atom stereocenters. The molecule has 0 aliphatic rings. The van der Waals surface area contributed by atoms with Gasteiger partial charge in [-0.15, -0.1) is 0 Å². The van der Waals surface area contributed by atoms with Gasteiger partial charge in [-0.25, -0.2) is 0 Å². The lowest BCUT2D eigenvalue weighted by Crippen LogP contribution is -2.29. The molecule has 2 aromatic rings. The number of nitrogens with zero attached hydrogens (tertiary/aromatic N) is 1. The van der Waals surface area contributed by atoms with E-state index in [1.165, 1.54) is 5.56 Å². The monoisotopic (exact) mass is 288 g/mol. The zero-order valence-corrected chi connectivity index (χ0v) is 12.8. The molecule has 2 nitrogen and oxygen atoms in total. The van der Waals surface area contributed by atoms with Gasteiger partial charge in [0.2, 0.25) is 0 Å². The molecule has 2 N–H and O–H groups in total. The summed E-state index contributed by atoms with van der Waals surface area (Å²) < 4.78 is 0. The van der Waals surface area contributed by atoms with Crippen LogP contribution in [-0.4, -0.2) is 10.9 Å². The van der Waals surface area contributed by atoms with Gasteiger partial charge in [-0.1, -0.05) is 41.9 Å². The summed E-state index contributed by atoms with van der Waals surface area (Å²) >= 11 is 6.07. The van der Waals surface area contributed by atoms with Crippen LogP contribution in [0.15, 0.2) is 48.5 Å². The molecule has 0 amide bonds. The molecule has 0 atom stereocenters. The summed E-state index contributed by atoms with van der Waals surface area (Å²) in [6.45, 7) is 6.18. The lowest BCUT2D eigenvalue weighted by molar-refractivity contribution is 0.204. The number of nitrogen functional groups attached to an aromatic ring is 1. The predicted octanol–water partition coefficient (Wildman–Crippen LogP) is 4.33. The van der Waals surface area contributed by atoms with E-state index in [2.05, 4.69) is 43.0 Å². The highest BCUT2D eigenvalue weighted by Crippen LogP contribution is 2.20. The van der Waals surface area contributed by atoms with Crippen molar-refractivity contribution >= 4 is 17.3 Å². The highest BCUT2D eigenvalue weighted by atomic mass is 35.5. The van der Waals surface area contributed by atoms with E-state index in [9.17, 15) is 0 Å². The van der Waals surface area contributed by atoms with Crippen molar-refractivity contribution in [2.24, 2.45) is 0 Å². The van der Waals surface area contributed by atoms with Crippen molar-refractivity contribution in [3.63, 3.8) is 0 Å². The lowest BCUT2D eigenvalue weighted by atomic mass is 10.1. The van der Waals surface area contributed by atoms with E-state index < -0.39 is 0 Å². The minimum atomic E-state index is 0.454. The first kappa shape index (κ1) is 14.9. The third-order valence-electron chi connectivity index (χ3n) is 3.32. The van der Waals surface area contributed by atoms with Gasteiger partial charge in [-0.2, -0.15) is 0 Å². The van der Waals surface area contributed by atoms with E-state index in [4.69, 9.17) is 17.3 Å². The van der Waals surface area contributed by atoms with Gasteiger partial charge in [0.1, 0.15) is 0 Å². The quantitative estimate of drug-likeness (QED) is 0.830. The Morgan fingerprint density at radius 1 is 1.00 bits per heavy atom. The highest BCUT2D eigenvalue weighted by Gasteiger charge is 2.11. The number of halogens is 1. The molecule has 0 bridgehead atoms. The van der Waals surface area contributed by atoms with Gasteiger partial charge in [-0.05, 0) is 43.2 Å². The van der Waals surface area contributed by atoms with Gasteiger partial charge in [-0.3, -0.25) is 4.90 Å². The van der Waals surface area contributed by atoms with E-state index in [0.29, 0.717) is 11.1 Å².